The highest BCUT2D eigenvalue weighted by Crippen LogP contribution is 2.22. The highest BCUT2D eigenvalue weighted by atomic mass is 16.5. The van der Waals surface area contributed by atoms with Crippen LogP contribution < -0.4 is 10.1 Å². The highest BCUT2D eigenvalue weighted by Gasteiger charge is 2.08. The molecular weight excluding hydrogens is 250 g/mol. The predicted octanol–water partition coefficient (Wildman–Crippen LogP) is 3.07. The Balaban J connectivity index is 2.21. The third-order valence-corrected chi connectivity index (χ3v) is 3.34. The van der Waals surface area contributed by atoms with Gasteiger partial charge in [0.2, 0.25) is 0 Å². The monoisotopic (exact) mass is 279 g/mol. The van der Waals surface area contributed by atoms with Gasteiger partial charge in [-0.2, -0.15) is 0 Å². The molecule has 1 unspecified atom stereocenters. The maximum atomic E-state index is 9.91. The lowest BCUT2D eigenvalue weighted by molar-refractivity contribution is 0.105. The number of hydrogen-bond donors (Lipinski definition) is 2. The zero-order valence-electron chi connectivity index (χ0n) is 13.3. The first-order valence-electron chi connectivity index (χ1n) is 7.58. The topological polar surface area (TPSA) is 41.5 Å². The average molecular weight is 279 g/mol. The molecule has 0 fully saturated rings. The number of ether oxygens (including phenoxy) is 1. The summed E-state index contributed by atoms with van der Waals surface area (Å²) >= 11 is 0. The fourth-order valence-electron chi connectivity index (χ4n) is 2.17. The maximum Gasteiger partial charge on any atom is 0.125 e. The summed E-state index contributed by atoms with van der Waals surface area (Å²) in [6.07, 6.45) is 1.91. The van der Waals surface area contributed by atoms with Crippen LogP contribution in [0.15, 0.2) is 18.2 Å². The summed E-state index contributed by atoms with van der Waals surface area (Å²) in [4.78, 5) is 0. The second kappa shape index (κ2) is 8.98. The van der Waals surface area contributed by atoms with Gasteiger partial charge in [-0.15, -0.1) is 0 Å². The van der Waals surface area contributed by atoms with Crippen molar-refractivity contribution < 1.29 is 9.84 Å². The molecule has 1 atom stereocenters. The molecule has 0 aliphatic heterocycles. The van der Waals surface area contributed by atoms with Gasteiger partial charge in [-0.25, -0.2) is 0 Å². The molecule has 1 rings (SSSR count). The third-order valence-electron chi connectivity index (χ3n) is 3.34. The SMILES string of the molecule is Cc1cccc(C)c1OCC(O)CNCCCC(C)C. The van der Waals surface area contributed by atoms with E-state index in [-0.39, 0.29) is 0 Å². The van der Waals surface area contributed by atoms with Crippen LogP contribution in [0.3, 0.4) is 0 Å². The Labute approximate surface area is 123 Å². The molecule has 0 aliphatic carbocycles. The summed E-state index contributed by atoms with van der Waals surface area (Å²) in [5, 5.41) is 13.2. The van der Waals surface area contributed by atoms with Gasteiger partial charge in [0.05, 0.1) is 0 Å². The van der Waals surface area contributed by atoms with Crippen LogP contribution in [0.1, 0.15) is 37.8 Å². The zero-order chi connectivity index (χ0) is 15.0. The number of para-hydroxylation sites is 1. The highest BCUT2D eigenvalue weighted by molar-refractivity contribution is 5.39. The number of hydrogen-bond acceptors (Lipinski definition) is 3. The van der Waals surface area contributed by atoms with Crippen molar-refractivity contribution in [3.63, 3.8) is 0 Å². The number of aliphatic hydroxyl groups is 1. The predicted molar refractivity (Wildman–Crippen MR) is 84.4 cm³/mol. The number of aliphatic hydroxyl groups excluding tert-OH is 1. The Morgan fingerprint density at radius 2 is 1.85 bits per heavy atom. The van der Waals surface area contributed by atoms with Crippen LogP contribution in [0, 0.1) is 19.8 Å². The van der Waals surface area contributed by atoms with E-state index in [2.05, 4.69) is 19.2 Å². The van der Waals surface area contributed by atoms with Crippen molar-refractivity contribution in [2.75, 3.05) is 19.7 Å². The normalized spacial score (nSPS) is 12.7. The van der Waals surface area contributed by atoms with Gasteiger partial charge in [0, 0.05) is 6.54 Å². The fourth-order valence-corrected chi connectivity index (χ4v) is 2.17. The first-order valence-corrected chi connectivity index (χ1v) is 7.58. The summed E-state index contributed by atoms with van der Waals surface area (Å²) in [7, 11) is 0. The van der Waals surface area contributed by atoms with E-state index in [0.717, 1.165) is 35.8 Å². The van der Waals surface area contributed by atoms with Gasteiger partial charge in [-0.3, -0.25) is 0 Å². The lowest BCUT2D eigenvalue weighted by Crippen LogP contribution is -2.32. The Morgan fingerprint density at radius 1 is 1.20 bits per heavy atom. The van der Waals surface area contributed by atoms with E-state index < -0.39 is 6.10 Å². The summed E-state index contributed by atoms with van der Waals surface area (Å²) < 4.78 is 5.73. The van der Waals surface area contributed by atoms with Crippen molar-refractivity contribution in [1.29, 1.82) is 0 Å². The Morgan fingerprint density at radius 3 is 2.45 bits per heavy atom. The van der Waals surface area contributed by atoms with Gasteiger partial charge in [0.1, 0.15) is 18.5 Å². The molecule has 114 valence electrons. The molecule has 0 bridgehead atoms. The Kier molecular flexibility index (Phi) is 7.63. The molecular formula is C17H29NO2. The molecule has 1 aromatic rings. The number of nitrogens with one attached hydrogen (secondary N) is 1. The minimum absolute atomic E-state index is 0.336. The van der Waals surface area contributed by atoms with Gasteiger partial charge in [0.25, 0.3) is 0 Å². The van der Waals surface area contributed by atoms with Crippen molar-refractivity contribution in [3.8, 4) is 5.75 Å². The molecule has 3 nitrogen and oxygen atoms in total. The molecule has 0 aromatic heterocycles. The lowest BCUT2D eigenvalue weighted by Gasteiger charge is -2.16. The van der Waals surface area contributed by atoms with Gasteiger partial charge >= 0.3 is 0 Å². The average Bonchev–Trinajstić information content (AvgIpc) is 2.37. The Hall–Kier alpha value is -1.06. The van der Waals surface area contributed by atoms with Crippen molar-refractivity contribution >= 4 is 0 Å². The summed E-state index contributed by atoms with van der Waals surface area (Å²) in [6.45, 7) is 10.4. The van der Waals surface area contributed by atoms with E-state index in [0.29, 0.717) is 13.2 Å². The number of aryl methyl sites for hydroxylation is 2. The van der Waals surface area contributed by atoms with Crippen LogP contribution in [0.25, 0.3) is 0 Å². The van der Waals surface area contributed by atoms with Crippen LogP contribution in [0.5, 0.6) is 5.75 Å². The molecule has 0 saturated heterocycles. The summed E-state index contributed by atoms with van der Waals surface area (Å²) in [5.41, 5.74) is 2.23. The van der Waals surface area contributed by atoms with Crippen molar-refractivity contribution in [1.82, 2.24) is 5.32 Å². The molecule has 0 radical (unpaired) electrons. The van der Waals surface area contributed by atoms with Crippen LogP contribution in [-0.2, 0) is 0 Å². The van der Waals surface area contributed by atoms with E-state index in [4.69, 9.17) is 4.74 Å². The molecule has 2 N–H and O–H groups in total. The smallest absolute Gasteiger partial charge is 0.125 e. The molecule has 3 heteroatoms. The lowest BCUT2D eigenvalue weighted by atomic mass is 10.1. The van der Waals surface area contributed by atoms with E-state index >= 15 is 0 Å². The molecule has 0 saturated carbocycles. The third kappa shape index (κ3) is 6.40. The second-order valence-corrected chi connectivity index (χ2v) is 5.93. The number of rotatable bonds is 9. The standard InChI is InChI=1S/C17H29NO2/c1-13(2)7-6-10-18-11-16(19)12-20-17-14(3)8-5-9-15(17)4/h5,8-9,13,16,18-19H,6-7,10-12H2,1-4H3. The quantitative estimate of drug-likeness (QED) is 0.683. The van der Waals surface area contributed by atoms with E-state index in [9.17, 15) is 5.11 Å². The number of benzene rings is 1. The van der Waals surface area contributed by atoms with E-state index in [1.165, 1.54) is 6.42 Å². The van der Waals surface area contributed by atoms with Crippen molar-refractivity contribution in [2.45, 2.75) is 46.6 Å². The van der Waals surface area contributed by atoms with Crippen LogP contribution in [-0.4, -0.2) is 30.9 Å². The molecule has 0 amide bonds. The second-order valence-electron chi connectivity index (χ2n) is 5.93. The van der Waals surface area contributed by atoms with Gasteiger partial charge < -0.3 is 15.2 Å². The summed E-state index contributed by atoms with van der Waals surface area (Å²) in [6, 6.07) is 6.07. The molecule has 0 aliphatic rings. The van der Waals surface area contributed by atoms with Crippen molar-refractivity contribution in [2.24, 2.45) is 5.92 Å². The zero-order valence-corrected chi connectivity index (χ0v) is 13.3. The summed E-state index contributed by atoms with van der Waals surface area (Å²) in [5.74, 6) is 1.64. The first-order chi connectivity index (χ1) is 9.50. The van der Waals surface area contributed by atoms with Crippen LogP contribution >= 0.6 is 0 Å². The van der Waals surface area contributed by atoms with E-state index in [1.54, 1.807) is 0 Å². The van der Waals surface area contributed by atoms with Crippen LogP contribution in [0.4, 0.5) is 0 Å². The molecule has 20 heavy (non-hydrogen) atoms. The molecule has 0 heterocycles. The van der Waals surface area contributed by atoms with E-state index in [1.807, 2.05) is 32.0 Å². The van der Waals surface area contributed by atoms with Crippen LogP contribution in [0.2, 0.25) is 0 Å². The van der Waals surface area contributed by atoms with Gasteiger partial charge in [-0.05, 0) is 50.3 Å². The minimum Gasteiger partial charge on any atom is -0.490 e. The van der Waals surface area contributed by atoms with Crippen molar-refractivity contribution in [3.05, 3.63) is 29.3 Å². The molecule has 1 aromatic carbocycles. The minimum atomic E-state index is -0.465. The molecule has 0 spiro atoms. The first kappa shape index (κ1) is 17.0. The maximum absolute atomic E-state index is 9.91. The van der Waals surface area contributed by atoms with Gasteiger partial charge in [-0.1, -0.05) is 32.0 Å². The largest absolute Gasteiger partial charge is 0.490 e. The Bertz CT molecular complexity index is 370. The fraction of sp³-hybridized carbons (Fsp3) is 0.647. The van der Waals surface area contributed by atoms with Gasteiger partial charge in [0.15, 0.2) is 0 Å².